The summed E-state index contributed by atoms with van der Waals surface area (Å²) in [6, 6.07) is 17.5. The Kier molecular flexibility index (Phi) is 6.85. The van der Waals surface area contributed by atoms with Crippen molar-refractivity contribution in [3.05, 3.63) is 81.9 Å². The lowest BCUT2D eigenvalue weighted by Gasteiger charge is -2.15. The van der Waals surface area contributed by atoms with Gasteiger partial charge in [0, 0.05) is 16.7 Å². The second-order valence-corrected chi connectivity index (χ2v) is 7.77. The summed E-state index contributed by atoms with van der Waals surface area (Å²) in [6.45, 7) is 3.50. The third-order valence-electron chi connectivity index (χ3n) is 5.18. The maximum Gasteiger partial charge on any atom is 0.310 e. The van der Waals surface area contributed by atoms with E-state index in [0.29, 0.717) is 43.8 Å². The summed E-state index contributed by atoms with van der Waals surface area (Å²) in [5.74, 6) is 0.312. The zero-order valence-corrected chi connectivity index (χ0v) is 18.2. The van der Waals surface area contributed by atoms with Crippen LogP contribution < -0.4 is 4.74 Å². The summed E-state index contributed by atoms with van der Waals surface area (Å²) < 4.78 is 17.1. The number of carbonyl (C=O) groups excluding carboxylic acids is 1. The number of fused-ring (bicyclic) bond motifs is 6. The van der Waals surface area contributed by atoms with Crippen molar-refractivity contribution in [3.63, 3.8) is 0 Å². The molecule has 0 aliphatic carbocycles. The number of aromatic nitrogens is 1. The molecule has 1 aromatic heterocycles. The van der Waals surface area contributed by atoms with Gasteiger partial charge in [0.25, 0.3) is 0 Å². The largest absolute Gasteiger partial charge is 0.473 e. The molecule has 0 unspecified atom stereocenters. The molecule has 0 N–H and O–H groups in total. The number of pyridine rings is 1. The highest BCUT2D eigenvalue weighted by Crippen LogP contribution is 2.26. The maximum atomic E-state index is 12.1. The fourth-order valence-corrected chi connectivity index (χ4v) is 3.79. The third-order valence-corrected chi connectivity index (χ3v) is 5.42. The Morgan fingerprint density at radius 2 is 1.97 bits per heavy atom. The molecule has 31 heavy (non-hydrogen) atoms. The first-order valence-electron chi connectivity index (χ1n) is 10.3. The lowest BCUT2D eigenvalue weighted by atomic mass is 10.00. The zero-order valence-electron chi connectivity index (χ0n) is 17.4. The van der Waals surface area contributed by atoms with Gasteiger partial charge in [-0.1, -0.05) is 35.9 Å². The minimum atomic E-state index is -0.247. The van der Waals surface area contributed by atoms with Gasteiger partial charge in [0.1, 0.15) is 6.61 Å². The van der Waals surface area contributed by atoms with Gasteiger partial charge >= 0.3 is 5.97 Å². The molecule has 0 saturated carbocycles. The molecule has 1 aliphatic heterocycles. The molecular weight excluding hydrogens is 414 g/mol. The van der Waals surface area contributed by atoms with Gasteiger partial charge in [0.2, 0.25) is 5.88 Å². The van der Waals surface area contributed by atoms with Crippen LogP contribution in [0.3, 0.4) is 0 Å². The Hall–Kier alpha value is -2.89. The SMILES string of the molecule is CCOC(=O)Cc1ccc2cc1COCCc1cc(Cl)ccc1COc1cccc-2n1. The van der Waals surface area contributed by atoms with E-state index in [-0.39, 0.29) is 12.4 Å². The van der Waals surface area contributed by atoms with E-state index in [4.69, 9.17) is 25.8 Å². The van der Waals surface area contributed by atoms with Crippen molar-refractivity contribution in [1.29, 1.82) is 0 Å². The highest BCUT2D eigenvalue weighted by atomic mass is 35.5. The van der Waals surface area contributed by atoms with Crippen LogP contribution in [0, 0.1) is 0 Å². The number of rotatable bonds is 3. The molecule has 3 aromatic rings. The number of benzene rings is 2. The minimum absolute atomic E-state index is 0.210. The van der Waals surface area contributed by atoms with Crippen LogP contribution in [0.5, 0.6) is 5.88 Å². The van der Waals surface area contributed by atoms with E-state index in [9.17, 15) is 4.79 Å². The van der Waals surface area contributed by atoms with E-state index in [1.54, 1.807) is 6.92 Å². The molecule has 6 heteroatoms. The lowest BCUT2D eigenvalue weighted by Crippen LogP contribution is -2.11. The van der Waals surface area contributed by atoms with Gasteiger partial charge in [0.15, 0.2) is 0 Å². The Balaban J connectivity index is 1.68. The first-order chi connectivity index (χ1) is 15.1. The van der Waals surface area contributed by atoms with Gasteiger partial charge in [0.05, 0.1) is 31.9 Å². The molecule has 0 atom stereocenters. The number of nitrogens with zero attached hydrogens (tertiary/aromatic N) is 1. The molecule has 0 amide bonds. The van der Waals surface area contributed by atoms with Gasteiger partial charge in [-0.05, 0) is 59.9 Å². The van der Waals surface area contributed by atoms with Crippen molar-refractivity contribution >= 4 is 17.6 Å². The van der Waals surface area contributed by atoms with Crippen LogP contribution in [-0.4, -0.2) is 24.2 Å². The van der Waals surface area contributed by atoms with Crippen LogP contribution in [-0.2, 0) is 40.3 Å². The van der Waals surface area contributed by atoms with Crippen LogP contribution in [0.25, 0.3) is 11.3 Å². The highest BCUT2D eigenvalue weighted by Gasteiger charge is 2.13. The molecule has 0 spiro atoms. The van der Waals surface area contributed by atoms with Gasteiger partial charge in [-0.25, -0.2) is 4.98 Å². The van der Waals surface area contributed by atoms with Crippen molar-refractivity contribution in [2.75, 3.05) is 13.2 Å². The standard InChI is InChI=1S/C25H24ClNO4/c1-2-30-25(28)14-17-6-7-19-12-21(17)15-29-11-10-18-13-22(26)9-8-20(18)16-31-24-5-3-4-23(19)27-24/h3-9,12-13H,2,10-11,14-16H2,1H3. The summed E-state index contributed by atoms with van der Waals surface area (Å²) in [6.07, 6.45) is 0.918. The molecule has 0 fully saturated rings. The van der Waals surface area contributed by atoms with Crippen LogP contribution in [0.2, 0.25) is 5.02 Å². The Bertz CT molecular complexity index is 1080. The van der Waals surface area contributed by atoms with Crippen LogP contribution >= 0.6 is 11.6 Å². The Morgan fingerprint density at radius 3 is 2.84 bits per heavy atom. The fourth-order valence-electron chi connectivity index (χ4n) is 3.60. The summed E-state index contributed by atoms with van der Waals surface area (Å²) in [7, 11) is 0. The average molecular weight is 438 g/mol. The van der Waals surface area contributed by atoms with Gasteiger partial charge in [-0.15, -0.1) is 0 Å². The summed E-state index contributed by atoms with van der Waals surface area (Å²) in [4.78, 5) is 16.7. The molecule has 4 bridgehead atoms. The molecule has 4 rings (SSSR count). The molecule has 0 saturated heterocycles. The fraction of sp³-hybridized carbons (Fsp3) is 0.280. The second kappa shape index (κ2) is 9.94. The van der Waals surface area contributed by atoms with E-state index in [1.807, 2.05) is 54.6 Å². The van der Waals surface area contributed by atoms with E-state index >= 15 is 0 Å². The first kappa shape index (κ1) is 21.3. The summed E-state index contributed by atoms with van der Waals surface area (Å²) in [5.41, 5.74) is 5.72. The molecule has 0 radical (unpaired) electrons. The van der Waals surface area contributed by atoms with Gasteiger partial charge in [-0.3, -0.25) is 4.79 Å². The van der Waals surface area contributed by atoms with Crippen molar-refractivity contribution < 1.29 is 19.0 Å². The first-order valence-corrected chi connectivity index (χ1v) is 10.7. The predicted molar refractivity (Wildman–Crippen MR) is 119 cm³/mol. The minimum Gasteiger partial charge on any atom is -0.473 e. The number of halogens is 1. The molecule has 1 aliphatic rings. The van der Waals surface area contributed by atoms with Crippen LogP contribution in [0.1, 0.15) is 29.2 Å². The molecule has 5 nitrogen and oxygen atoms in total. The molecule has 160 valence electrons. The van der Waals surface area contributed by atoms with E-state index in [1.165, 1.54) is 0 Å². The summed E-state index contributed by atoms with van der Waals surface area (Å²) in [5, 5.41) is 0.685. The quantitative estimate of drug-likeness (QED) is 0.530. The third kappa shape index (κ3) is 5.43. The van der Waals surface area contributed by atoms with Crippen molar-refractivity contribution in [1.82, 2.24) is 4.98 Å². The Morgan fingerprint density at radius 1 is 1.06 bits per heavy atom. The average Bonchev–Trinajstić information content (AvgIpc) is 2.77. The maximum absolute atomic E-state index is 12.1. The zero-order chi connectivity index (χ0) is 21.6. The molecule has 2 aromatic carbocycles. The van der Waals surface area contributed by atoms with E-state index < -0.39 is 0 Å². The van der Waals surface area contributed by atoms with Gasteiger partial charge < -0.3 is 14.2 Å². The second-order valence-electron chi connectivity index (χ2n) is 7.33. The number of ether oxygens (including phenoxy) is 3. The Labute approximate surface area is 186 Å². The molecule has 2 heterocycles. The van der Waals surface area contributed by atoms with Crippen LogP contribution in [0.15, 0.2) is 54.6 Å². The number of carbonyl (C=O) groups is 1. The van der Waals surface area contributed by atoms with Crippen LogP contribution in [0.4, 0.5) is 0 Å². The smallest absolute Gasteiger partial charge is 0.310 e. The number of esters is 1. The predicted octanol–water partition coefficient (Wildman–Crippen LogP) is 5.16. The summed E-state index contributed by atoms with van der Waals surface area (Å²) >= 11 is 6.21. The van der Waals surface area contributed by atoms with E-state index in [2.05, 4.69) is 4.98 Å². The highest BCUT2D eigenvalue weighted by molar-refractivity contribution is 6.30. The van der Waals surface area contributed by atoms with Crippen molar-refractivity contribution in [2.45, 2.75) is 33.0 Å². The van der Waals surface area contributed by atoms with Crippen molar-refractivity contribution in [2.24, 2.45) is 0 Å². The van der Waals surface area contributed by atoms with Crippen molar-refractivity contribution in [3.8, 4) is 17.1 Å². The normalized spacial score (nSPS) is 13.5. The number of hydrogen-bond donors (Lipinski definition) is 0. The monoisotopic (exact) mass is 437 g/mol. The topological polar surface area (TPSA) is 57.7 Å². The lowest BCUT2D eigenvalue weighted by molar-refractivity contribution is -0.142. The van der Waals surface area contributed by atoms with Gasteiger partial charge in [-0.2, -0.15) is 0 Å². The van der Waals surface area contributed by atoms with E-state index in [0.717, 1.165) is 33.5 Å². The number of hydrogen-bond acceptors (Lipinski definition) is 5. The molecular formula is C25H24ClNO4.